The number of hydrogen-bond donors (Lipinski definition) is 0. The van der Waals surface area contributed by atoms with Gasteiger partial charge < -0.3 is 14.5 Å². The summed E-state index contributed by atoms with van der Waals surface area (Å²) in [6.07, 6.45) is 25.9. The lowest BCUT2D eigenvalue weighted by molar-refractivity contribution is -0.144. The van der Waals surface area contributed by atoms with Crippen molar-refractivity contribution in [3.05, 3.63) is 0 Å². The second-order valence-corrected chi connectivity index (χ2v) is 12.2. The first-order valence-corrected chi connectivity index (χ1v) is 17.0. The van der Waals surface area contributed by atoms with Gasteiger partial charge in [-0.1, -0.05) is 129 Å². The molecule has 0 fully saturated rings. The fourth-order valence-electron chi connectivity index (χ4n) is 5.51. The van der Waals surface area contributed by atoms with Gasteiger partial charge in [0.05, 0.1) is 0 Å². The van der Waals surface area contributed by atoms with E-state index in [1.807, 2.05) is 37.5 Å². The average Bonchev–Trinajstić information content (AvgIpc) is 2.89. The van der Waals surface area contributed by atoms with Crippen molar-refractivity contribution in [2.75, 3.05) is 26.3 Å². The molecule has 0 atom stereocenters. The molecule has 0 unspecified atom stereocenters. The summed E-state index contributed by atoms with van der Waals surface area (Å²) in [5.41, 5.74) is 0. The molecule has 0 aliphatic carbocycles. The fraction of sp³-hybridized carbons (Fsp3) is 0.941. The standard InChI is InChI=1S/C34H68N2O3/c1-7-9-11-13-15-17-19-21-23-25-27-35(28-26-24-22-20-18-16-14-12-10-8-2)33(37)29-39-30-34(38)36(31(3)4)32(5)6/h31-32H,7-30H2,1-6H3. The van der Waals surface area contributed by atoms with Gasteiger partial charge in [-0.3, -0.25) is 9.59 Å². The number of hydrogen-bond acceptors (Lipinski definition) is 3. The molecule has 0 saturated carbocycles. The van der Waals surface area contributed by atoms with Gasteiger partial charge in [-0.2, -0.15) is 0 Å². The smallest absolute Gasteiger partial charge is 0.249 e. The largest absolute Gasteiger partial charge is 0.362 e. The molecule has 0 saturated heterocycles. The monoisotopic (exact) mass is 553 g/mol. The molecule has 0 radical (unpaired) electrons. The zero-order valence-corrected chi connectivity index (χ0v) is 27.2. The number of unbranched alkanes of at least 4 members (excludes halogenated alkanes) is 18. The highest BCUT2D eigenvalue weighted by molar-refractivity contribution is 5.80. The Morgan fingerprint density at radius 1 is 0.487 bits per heavy atom. The average molecular weight is 553 g/mol. The van der Waals surface area contributed by atoms with Crippen LogP contribution in [0.1, 0.15) is 170 Å². The Morgan fingerprint density at radius 3 is 1.13 bits per heavy atom. The zero-order chi connectivity index (χ0) is 29.1. The van der Waals surface area contributed by atoms with Crippen molar-refractivity contribution in [1.82, 2.24) is 9.80 Å². The summed E-state index contributed by atoms with van der Waals surface area (Å²) in [6, 6.07) is 0.252. The maximum absolute atomic E-state index is 13.0. The molecule has 0 aromatic carbocycles. The van der Waals surface area contributed by atoms with E-state index in [9.17, 15) is 9.59 Å². The van der Waals surface area contributed by atoms with E-state index in [1.165, 1.54) is 116 Å². The number of carbonyl (C=O) groups excluding carboxylic acids is 2. The summed E-state index contributed by atoms with van der Waals surface area (Å²) < 4.78 is 5.64. The summed E-state index contributed by atoms with van der Waals surface area (Å²) in [7, 11) is 0. The minimum Gasteiger partial charge on any atom is -0.362 e. The lowest BCUT2D eigenvalue weighted by Gasteiger charge is -2.30. The van der Waals surface area contributed by atoms with Crippen LogP contribution in [0.15, 0.2) is 0 Å². The first-order valence-electron chi connectivity index (χ1n) is 17.0. The molecule has 5 heteroatoms. The van der Waals surface area contributed by atoms with Crippen LogP contribution < -0.4 is 0 Å². The first-order chi connectivity index (χ1) is 18.8. The van der Waals surface area contributed by atoms with Gasteiger partial charge in [0.1, 0.15) is 13.2 Å². The van der Waals surface area contributed by atoms with Crippen LogP contribution in [-0.2, 0) is 14.3 Å². The van der Waals surface area contributed by atoms with Crippen molar-refractivity contribution >= 4 is 11.8 Å². The van der Waals surface area contributed by atoms with Gasteiger partial charge in [0.25, 0.3) is 0 Å². The molecule has 0 rings (SSSR count). The second kappa shape index (κ2) is 27.1. The Labute approximate surface area is 244 Å². The third-order valence-electron chi connectivity index (χ3n) is 7.77. The third-order valence-corrected chi connectivity index (χ3v) is 7.77. The topological polar surface area (TPSA) is 49.9 Å². The Hall–Kier alpha value is -1.10. The number of amides is 2. The number of ether oxygens (including phenoxy) is 1. The summed E-state index contributed by atoms with van der Waals surface area (Å²) >= 11 is 0. The van der Waals surface area contributed by atoms with Crippen LogP contribution in [0.5, 0.6) is 0 Å². The van der Waals surface area contributed by atoms with Crippen LogP contribution in [0.4, 0.5) is 0 Å². The fourth-order valence-corrected chi connectivity index (χ4v) is 5.51. The van der Waals surface area contributed by atoms with Crippen molar-refractivity contribution in [1.29, 1.82) is 0 Å². The van der Waals surface area contributed by atoms with E-state index in [0.29, 0.717) is 0 Å². The number of carbonyl (C=O) groups is 2. The van der Waals surface area contributed by atoms with Crippen LogP contribution >= 0.6 is 0 Å². The predicted octanol–water partition coefficient (Wildman–Crippen LogP) is 9.32. The highest BCUT2D eigenvalue weighted by Crippen LogP contribution is 2.13. The lowest BCUT2D eigenvalue weighted by Crippen LogP contribution is -2.44. The van der Waals surface area contributed by atoms with E-state index < -0.39 is 0 Å². The Kier molecular flexibility index (Phi) is 26.3. The van der Waals surface area contributed by atoms with Crippen molar-refractivity contribution in [3.63, 3.8) is 0 Å². The normalized spacial score (nSPS) is 11.5. The molecule has 0 aliphatic heterocycles. The highest BCUT2D eigenvalue weighted by Gasteiger charge is 2.21. The molecule has 0 N–H and O–H groups in total. The first kappa shape index (κ1) is 37.9. The molecule has 0 aromatic heterocycles. The molecule has 39 heavy (non-hydrogen) atoms. The van der Waals surface area contributed by atoms with Crippen LogP contribution in [0.25, 0.3) is 0 Å². The summed E-state index contributed by atoms with van der Waals surface area (Å²) in [4.78, 5) is 29.4. The molecule has 0 spiro atoms. The molecule has 0 heterocycles. The van der Waals surface area contributed by atoms with Crippen LogP contribution in [-0.4, -0.2) is 60.0 Å². The van der Waals surface area contributed by atoms with Gasteiger partial charge in [-0.25, -0.2) is 0 Å². The van der Waals surface area contributed by atoms with E-state index in [0.717, 1.165) is 25.9 Å². The van der Waals surface area contributed by atoms with Gasteiger partial charge in [0.15, 0.2) is 0 Å². The van der Waals surface area contributed by atoms with Crippen molar-refractivity contribution < 1.29 is 14.3 Å². The summed E-state index contributed by atoms with van der Waals surface area (Å²) in [5.74, 6) is -0.000898. The Bertz CT molecular complexity index is 533. The van der Waals surface area contributed by atoms with Crippen LogP contribution in [0, 0.1) is 0 Å². The molecule has 0 bridgehead atoms. The van der Waals surface area contributed by atoms with E-state index in [2.05, 4.69) is 13.8 Å². The molecule has 5 nitrogen and oxygen atoms in total. The van der Waals surface area contributed by atoms with Gasteiger partial charge >= 0.3 is 0 Å². The molecular weight excluding hydrogens is 484 g/mol. The maximum Gasteiger partial charge on any atom is 0.249 e. The van der Waals surface area contributed by atoms with Gasteiger partial charge in [-0.05, 0) is 40.5 Å². The Balaban J connectivity index is 4.39. The van der Waals surface area contributed by atoms with Crippen molar-refractivity contribution in [2.24, 2.45) is 0 Å². The van der Waals surface area contributed by atoms with Crippen molar-refractivity contribution in [2.45, 2.75) is 182 Å². The molecule has 232 valence electrons. The minimum absolute atomic E-state index is 0.00525. The maximum atomic E-state index is 13.0. The number of rotatable bonds is 28. The lowest BCUT2D eigenvalue weighted by atomic mass is 10.1. The SMILES string of the molecule is CCCCCCCCCCCCN(CCCCCCCCCCCC)C(=O)COCC(=O)N(C(C)C)C(C)C. The van der Waals surface area contributed by atoms with E-state index >= 15 is 0 Å². The van der Waals surface area contributed by atoms with E-state index in [4.69, 9.17) is 4.74 Å². The number of nitrogens with zero attached hydrogens (tertiary/aromatic N) is 2. The minimum atomic E-state index is -0.0382. The predicted molar refractivity (Wildman–Crippen MR) is 168 cm³/mol. The van der Waals surface area contributed by atoms with E-state index in [-0.39, 0.29) is 37.1 Å². The molecule has 0 aliphatic rings. The van der Waals surface area contributed by atoms with Gasteiger partial charge in [0.2, 0.25) is 11.8 Å². The molecule has 0 aromatic rings. The Morgan fingerprint density at radius 2 is 0.795 bits per heavy atom. The molecule has 2 amide bonds. The summed E-state index contributed by atoms with van der Waals surface area (Å²) in [5, 5.41) is 0. The van der Waals surface area contributed by atoms with Crippen LogP contribution in [0.3, 0.4) is 0 Å². The third kappa shape index (κ3) is 22.3. The zero-order valence-electron chi connectivity index (χ0n) is 27.2. The van der Waals surface area contributed by atoms with Crippen molar-refractivity contribution in [3.8, 4) is 0 Å². The van der Waals surface area contributed by atoms with Crippen LogP contribution in [0.2, 0.25) is 0 Å². The molecular formula is C34H68N2O3. The highest BCUT2D eigenvalue weighted by atomic mass is 16.5. The van der Waals surface area contributed by atoms with Gasteiger partial charge in [-0.15, -0.1) is 0 Å². The second-order valence-electron chi connectivity index (χ2n) is 12.2. The van der Waals surface area contributed by atoms with E-state index in [1.54, 1.807) is 0 Å². The quantitative estimate of drug-likeness (QED) is 0.0909. The summed E-state index contributed by atoms with van der Waals surface area (Å²) in [6.45, 7) is 14.2. The van der Waals surface area contributed by atoms with Gasteiger partial charge in [0, 0.05) is 25.2 Å².